The van der Waals surface area contributed by atoms with Crippen LogP contribution >= 0.6 is 11.3 Å². The van der Waals surface area contributed by atoms with Gasteiger partial charge >= 0.3 is 0 Å². The zero-order valence-electron chi connectivity index (χ0n) is 12.4. The lowest BCUT2D eigenvalue weighted by atomic mass is 9.87. The van der Waals surface area contributed by atoms with Crippen molar-refractivity contribution in [2.45, 2.75) is 37.8 Å². The minimum atomic E-state index is 0.161. The number of likely N-dealkylation sites (tertiary alicyclic amines) is 1. The minimum Gasteiger partial charge on any atom is -0.329 e. The number of hydrogen-bond donors (Lipinski definition) is 1. The van der Waals surface area contributed by atoms with Crippen LogP contribution in [0.25, 0.3) is 0 Å². The Labute approximate surface area is 121 Å². The molecular formula is C15H27N3S. The van der Waals surface area contributed by atoms with E-state index in [1.165, 1.54) is 30.7 Å². The number of nitrogens with zero attached hydrogens (tertiary/aromatic N) is 2. The fourth-order valence-corrected chi connectivity index (χ4v) is 3.97. The molecule has 3 nitrogen and oxygen atoms in total. The summed E-state index contributed by atoms with van der Waals surface area (Å²) in [6.45, 7) is 5.41. The molecule has 1 aliphatic heterocycles. The van der Waals surface area contributed by atoms with Gasteiger partial charge in [-0.1, -0.05) is 6.07 Å². The summed E-state index contributed by atoms with van der Waals surface area (Å²) in [5, 5.41) is 2.16. The van der Waals surface area contributed by atoms with E-state index in [4.69, 9.17) is 5.73 Å². The second kappa shape index (κ2) is 6.35. The van der Waals surface area contributed by atoms with E-state index in [9.17, 15) is 0 Å². The highest BCUT2D eigenvalue weighted by Crippen LogP contribution is 2.34. The summed E-state index contributed by atoms with van der Waals surface area (Å²) < 4.78 is 0. The molecule has 0 saturated carbocycles. The topological polar surface area (TPSA) is 32.5 Å². The van der Waals surface area contributed by atoms with E-state index in [0.717, 1.165) is 13.1 Å². The van der Waals surface area contributed by atoms with Crippen molar-refractivity contribution < 1.29 is 0 Å². The Balaban J connectivity index is 2.15. The fraction of sp³-hybridized carbons (Fsp3) is 0.733. The number of thiophene rings is 1. The summed E-state index contributed by atoms with van der Waals surface area (Å²) in [7, 11) is 4.47. The van der Waals surface area contributed by atoms with E-state index in [0.29, 0.717) is 6.04 Å². The van der Waals surface area contributed by atoms with Crippen molar-refractivity contribution in [2.75, 3.05) is 33.7 Å². The maximum absolute atomic E-state index is 6.19. The smallest absolute Gasteiger partial charge is 0.0416 e. The van der Waals surface area contributed by atoms with Gasteiger partial charge in [-0.2, -0.15) is 0 Å². The van der Waals surface area contributed by atoms with Crippen molar-refractivity contribution in [2.24, 2.45) is 5.73 Å². The monoisotopic (exact) mass is 281 g/mol. The first-order valence-electron chi connectivity index (χ1n) is 7.24. The number of hydrogen-bond acceptors (Lipinski definition) is 4. The Morgan fingerprint density at radius 1 is 1.47 bits per heavy atom. The molecule has 4 heteroatoms. The predicted molar refractivity (Wildman–Crippen MR) is 83.6 cm³/mol. The molecule has 0 aliphatic carbocycles. The molecule has 2 unspecified atom stereocenters. The predicted octanol–water partition coefficient (Wildman–Crippen LogP) is 2.55. The van der Waals surface area contributed by atoms with Gasteiger partial charge in [0.25, 0.3) is 0 Å². The van der Waals surface area contributed by atoms with Gasteiger partial charge in [0.15, 0.2) is 0 Å². The maximum Gasteiger partial charge on any atom is 0.0416 e. The third-order valence-corrected chi connectivity index (χ3v) is 5.85. The van der Waals surface area contributed by atoms with E-state index < -0.39 is 0 Å². The molecule has 2 rings (SSSR count). The zero-order chi connectivity index (χ0) is 13.9. The van der Waals surface area contributed by atoms with Crippen LogP contribution in [0.3, 0.4) is 0 Å². The zero-order valence-corrected chi connectivity index (χ0v) is 13.2. The van der Waals surface area contributed by atoms with Crippen LogP contribution in [-0.4, -0.2) is 49.1 Å². The first-order valence-corrected chi connectivity index (χ1v) is 8.12. The molecule has 0 radical (unpaired) electrons. The molecule has 1 aliphatic rings. The van der Waals surface area contributed by atoms with Crippen molar-refractivity contribution in [3.63, 3.8) is 0 Å². The van der Waals surface area contributed by atoms with Crippen LogP contribution in [-0.2, 0) is 0 Å². The Hall–Kier alpha value is -0.420. The van der Waals surface area contributed by atoms with Crippen LogP contribution in [0.4, 0.5) is 0 Å². The second-order valence-corrected chi connectivity index (χ2v) is 6.87. The van der Waals surface area contributed by atoms with Gasteiger partial charge in [-0.3, -0.25) is 4.90 Å². The second-order valence-electron chi connectivity index (χ2n) is 5.89. The van der Waals surface area contributed by atoms with Crippen molar-refractivity contribution in [3.05, 3.63) is 22.4 Å². The van der Waals surface area contributed by atoms with E-state index in [-0.39, 0.29) is 5.54 Å². The molecule has 2 N–H and O–H groups in total. The summed E-state index contributed by atoms with van der Waals surface area (Å²) in [6.07, 6.45) is 3.63. The Kier molecular flexibility index (Phi) is 5.01. The standard InChI is InChI=1S/C15H27N3S/c1-13(14-6-4-11-19-14)18(3)15(12-16)7-5-9-17(2)10-8-15/h4,6,11,13H,5,7-10,12,16H2,1-3H3. The fourth-order valence-electron chi connectivity index (χ4n) is 3.15. The molecule has 1 saturated heterocycles. The Bertz CT molecular complexity index is 379. The van der Waals surface area contributed by atoms with Crippen molar-refractivity contribution in [1.29, 1.82) is 0 Å². The van der Waals surface area contributed by atoms with Crippen LogP contribution in [0, 0.1) is 0 Å². The van der Waals surface area contributed by atoms with E-state index >= 15 is 0 Å². The van der Waals surface area contributed by atoms with E-state index in [1.54, 1.807) is 0 Å². The molecule has 108 valence electrons. The molecule has 0 aromatic carbocycles. The Morgan fingerprint density at radius 3 is 2.89 bits per heavy atom. The number of nitrogens with two attached hydrogens (primary N) is 1. The third kappa shape index (κ3) is 3.19. The molecule has 19 heavy (non-hydrogen) atoms. The molecule has 0 bridgehead atoms. The van der Waals surface area contributed by atoms with Crippen molar-refractivity contribution >= 4 is 11.3 Å². The lowest BCUT2D eigenvalue weighted by molar-refractivity contribution is 0.0712. The van der Waals surface area contributed by atoms with Crippen LogP contribution in [0.5, 0.6) is 0 Å². The van der Waals surface area contributed by atoms with Crippen molar-refractivity contribution in [1.82, 2.24) is 9.80 Å². The molecule has 1 fully saturated rings. The summed E-state index contributed by atoms with van der Waals surface area (Å²) in [6, 6.07) is 4.83. The van der Waals surface area contributed by atoms with E-state index in [1.807, 2.05) is 11.3 Å². The molecule has 0 spiro atoms. The molecular weight excluding hydrogens is 254 g/mol. The van der Waals surface area contributed by atoms with Gasteiger partial charge in [0.1, 0.15) is 0 Å². The number of likely N-dealkylation sites (N-methyl/N-ethyl adjacent to an activating group) is 1. The summed E-state index contributed by atoms with van der Waals surface area (Å²) in [5.41, 5.74) is 6.35. The van der Waals surface area contributed by atoms with Crippen LogP contribution < -0.4 is 5.73 Å². The van der Waals surface area contributed by atoms with Gasteiger partial charge in [-0.05, 0) is 64.8 Å². The highest BCUT2D eigenvalue weighted by Gasteiger charge is 2.37. The van der Waals surface area contributed by atoms with E-state index in [2.05, 4.69) is 48.3 Å². The quantitative estimate of drug-likeness (QED) is 0.920. The summed E-state index contributed by atoms with van der Waals surface area (Å²) >= 11 is 1.85. The molecule has 1 aromatic rings. The third-order valence-electron chi connectivity index (χ3n) is 4.80. The maximum atomic E-state index is 6.19. The molecule has 0 amide bonds. The first kappa shape index (κ1) is 15.0. The summed E-state index contributed by atoms with van der Waals surface area (Å²) in [5.74, 6) is 0. The normalized spacial score (nSPS) is 27.4. The average Bonchev–Trinajstić information content (AvgIpc) is 2.88. The molecule has 2 atom stereocenters. The molecule has 1 aromatic heterocycles. The average molecular weight is 281 g/mol. The van der Waals surface area contributed by atoms with Gasteiger partial charge in [-0.25, -0.2) is 0 Å². The van der Waals surface area contributed by atoms with Gasteiger partial charge in [0.05, 0.1) is 0 Å². The lowest BCUT2D eigenvalue weighted by Gasteiger charge is -2.44. The van der Waals surface area contributed by atoms with Gasteiger partial charge in [0, 0.05) is 23.0 Å². The van der Waals surface area contributed by atoms with Gasteiger partial charge in [0.2, 0.25) is 0 Å². The van der Waals surface area contributed by atoms with Gasteiger partial charge in [-0.15, -0.1) is 11.3 Å². The van der Waals surface area contributed by atoms with Crippen LogP contribution in [0.2, 0.25) is 0 Å². The minimum absolute atomic E-state index is 0.161. The lowest BCUT2D eigenvalue weighted by Crippen LogP contribution is -2.53. The SMILES string of the molecule is CC(c1cccs1)N(C)C1(CN)CCCN(C)CC1. The largest absolute Gasteiger partial charge is 0.329 e. The molecule has 2 heterocycles. The van der Waals surface area contributed by atoms with Crippen LogP contribution in [0.15, 0.2) is 17.5 Å². The first-order chi connectivity index (χ1) is 9.09. The van der Waals surface area contributed by atoms with Gasteiger partial charge < -0.3 is 10.6 Å². The summed E-state index contributed by atoms with van der Waals surface area (Å²) in [4.78, 5) is 6.40. The number of rotatable bonds is 4. The van der Waals surface area contributed by atoms with Crippen molar-refractivity contribution in [3.8, 4) is 0 Å². The highest BCUT2D eigenvalue weighted by atomic mass is 32.1. The highest BCUT2D eigenvalue weighted by molar-refractivity contribution is 7.10. The van der Waals surface area contributed by atoms with Crippen LogP contribution in [0.1, 0.15) is 37.1 Å². The Morgan fingerprint density at radius 2 is 2.26 bits per heavy atom.